The van der Waals surface area contributed by atoms with Gasteiger partial charge < -0.3 is 9.80 Å². The maximum Gasteiger partial charge on any atom is 0.395 e. The molecule has 0 radical (unpaired) electrons. The first-order valence-electron chi connectivity index (χ1n) is 11.6. The molecule has 0 spiro atoms. The van der Waals surface area contributed by atoms with Gasteiger partial charge in [-0.05, 0) is 56.5 Å². The molecule has 0 bridgehead atoms. The minimum absolute atomic E-state index is 0.152. The van der Waals surface area contributed by atoms with Gasteiger partial charge in [0.2, 0.25) is 0 Å². The van der Waals surface area contributed by atoms with Crippen molar-refractivity contribution in [1.82, 2.24) is 8.87 Å². The molecule has 1 unspecified atom stereocenters. The van der Waals surface area contributed by atoms with Crippen molar-refractivity contribution >= 4 is 33.4 Å². The molecule has 1 atom stereocenters. The van der Waals surface area contributed by atoms with Gasteiger partial charge in [-0.2, -0.15) is 13.2 Å². The molecule has 0 saturated carbocycles. The highest BCUT2D eigenvalue weighted by atomic mass is 32.2. The van der Waals surface area contributed by atoms with Gasteiger partial charge in [0.1, 0.15) is 0 Å². The monoisotopic (exact) mass is 491 g/mol. The number of hydrogen-bond donors (Lipinski definition) is 0. The minimum Gasteiger partial charge on any atom is -0.371 e. The highest BCUT2D eigenvalue weighted by molar-refractivity contribution is 7.90. The summed E-state index contributed by atoms with van der Waals surface area (Å²) in [6.45, 7) is 5.10. The van der Waals surface area contributed by atoms with E-state index >= 15 is 0 Å². The summed E-state index contributed by atoms with van der Waals surface area (Å²) in [5.41, 5.74) is 3.49. The molecule has 2 aliphatic heterocycles. The van der Waals surface area contributed by atoms with Crippen molar-refractivity contribution in [3.8, 4) is 0 Å². The number of hydrogen-bond acceptors (Lipinski definition) is 4. The predicted octanol–water partition coefficient (Wildman–Crippen LogP) is 2.97. The fraction of sp³-hybridized carbons (Fsp3) is 0.440. The Balaban J connectivity index is 1.68. The van der Waals surface area contributed by atoms with Crippen LogP contribution in [0.4, 0.5) is 18.9 Å². The van der Waals surface area contributed by atoms with Crippen molar-refractivity contribution in [1.29, 1.82) is 0 Å². The number of likely N-dealkylation sites (N-methyl/N-ethyl adjacent to an activating group) is 2. The first-order valence-corrected chi connectivity index (χ1v) is 13.0. The standard InChI is InChI=1S/C25H28F3N3O2S/c1-3-30-13-10-18-4-6-20(15-24(18)30)34(32,33)31-16-22(17-8-11-29(2)12-9-17)21-14-19(25(26,27)28)5-7-23(21)31/h4,6-8,14-16,19H,3,5,9-13H2,1-2H3. The first-order chi connectivity index (χ1) is 16.1. The zero-order valence-corrected chi connectivity index (χ0v) is 20.1. The highest BCUT2D eigenvalue weighted by Crippen LogP contribution is 2.33. The summed E-state index contributed by atoms with van der Waals surface area (Å²) in [6.07, 6.45) is 3.01. The SMILES string of the molecule is CCN1CCc2ccc(S(=O)(=O)n3cc(C4=CCN(C)CC4)c4c3=CCC(C(F)(F)F)C=4)cc21. The van der Waals surface area contributed by atoms with E-state index in [0.29, 0.717) is 29.1 Å². The van der Waals surface area contributed by atoms with Crippen molar-refractivity contribution in [2.24, 2.45) is 5.92 Å². The Morgan fingerprint density at radius 2 is 1.91 bits per heavy atom. The predicted molar refractivity (Wildman–Crippen MR) is 127 cm³/mol. The number of rotatable bonds is 4. The lowest BCUT2D eigenvalue weighted by atomic mass is 9.94. The largest absolute Gasteiger partial charge is 0.395 e. The van der Waals surface area contributed by atoms with Crippen LogP contribution in [-0.2, 0) is 16.4 Å². The molecule has 9 heteroatoms. The van der Waals surface area contributed by atoms with Crippen LogP contribution in [0.1, 0.15) is 30.9 Å². The topological polar surface area (TPSA) is 45.6 Å². The van der Waals surface area contributed by atoms with Gasteiger partial charge in [-0.1, -0.05) is 24.3 Å². The molecule has 1 aromatic carbocycles. The molecule has 3 aliphatic rings. The van der Waals surface area contributed by atoms with Crippen molar-refractivity contribution in [2.75, 3.05) is 38.1 Å². The minimum atomic E-state index is -4.38. The summed E-state index contributed by atoms with van der Waals surface area (Å²) >= 11 is 0. The van der Waals surface area contributed by atoms with E-state index in [-0.39, 0.29) is 11.3 Å². The first kappa shape index (κ1) is 23.2. The van der Waals surface area contributed by atoms with Gasteiger partial charge >= 0.3 is 6.18 Å². The fourth-order valence-corrected chi connectivity index (χ4v) is 6.53. The Bertz CT molecular complexity index is 1390. The quantitative estimate of drug-likeness (QED) is 0.660. The van der Waals surface area contributed by atoms with Gasteiger partial charge in [0.15, 0.2) is 0 Å². The summed E-state index contributed by atoms with van der Waals surface area (Å²) in [5, 5.41) is 0.687. The van der Waals surface area contributed by atoms with Crippen molar-refractivity contribution in [3.63, 3.8) is 0 Å². The van der Waals surface area contributed by atoms with E-state index in [0.717, 1.165) is 42.9 Å². The van der Waals surface area contributed by atoms with Crippen LogP contribution in [0.15, 0.2) is 35.4 Å². The molecular weight excluding hydrogens is 463 g/mol. The third kappa shape index (κ3) is 3.88. The second kappa shape index (κ2) is 8.30. The Labute approximate surface area is 197 Å². The van der Waals surface area contributed by atoms with Crippen LogP contribution >= 0.6 is 0 Å². The summed E-state index contributed by atoms with van der Waals surface area (Å²) in [5.74, 6) is -1.62. The van der Waals surface area contributed by atoms with Crippen LogP contribution in [0.5, 0.6) is 0 Å². The molecule has 0 fully saturated rings. The van der Waals surface area contributed by atoms with Crippen LogP contribution < -0.4 is 15.5 Å². The highest BCUT2D eigenvalue weighted by Gasteiger charge is 2.39. The summed E-state index contributed by atoms with van der Waals surface area (Å²) < 4.78 is 69.4. The number of halogens is 3. The Morgan fingerprint density at radius 3 is 2.59 bits per heavy atom. The maximum atomic E-state index is 13.8. The van der Waals surface area contributed by atoms with Crippen LogP contribution in [0.25, 0.3) is 17.7 Å². The number of anilines is 1. The van der Waals surface area contributed by atoms with Crippen molar-refractivity contribution in [3.05, 3.63) is 52.2 Å². The molecule has 1 aromatic heterocycles. The molecule has 3 heterocycles. The van der Waals surface area contributed by atoms with Gasteiger partial charge in [-0.3, -0.25) is 0 Å². The zero-order valence-electron chi connectivity index (χ0n) is 19.3. The van der Waals surface area contributed by atoms with Gasteiger partial charge in [0.05, 0.1) is 16.2 Å². The van der Waals surface area contributed by atoms with E-state index in [1.54, 1.807) is 12.1 Å². The van der Waals surface area contributed by atoms with E-state index in [1.165, 1.54) is 22.3 Å². The van der Waals surface area contributed by atoms with Crippen molar-refractivity contribution in [2.45, 2.75) is 37.3 Å². The third-order valence-corrected chi connectivity index (χ3v) is 8.82. The number of fused-ring (bicyclic) bond motifs is 2. The normalized spacial score (nSPS) is 20.9. The average molecular weight is 492 g/mol. The van der Waals surface area contributed by atoms with Gasteiger partial charge in [0, 0.05) is 48.8 Å². The lowest BCUT2D eigenvalue weighted by molar-refractivity contribution is -0.155. The van der Waals surface area contributed by atoms with Gasteiger partial charge in [-0.15, -0.1) is 0 Å². The number of aromatic nitrogens is 1. The Kier molecular flexibility index (Phi) is 5.67. The van der Waals surface area contributed by atoms with Crippen molar-refractivity contribution < 1.29 is 21.6 Å². The van der Waals surface area contributed by atoms with E-state index in [1.807, 2.05) is 26.1 Å². The molecule has 2 aromatic rings. The number of alkyl halides is 3. The van der Waals surface area contributed by atoms with E-state index < -0.39 is 22.1 Å². The summed E-state index contributed by atoms with van der Waals surface area (Å²) in [4.78, 5) is 4.41. The molecule has 5 nitrogen and oxygen atoms in total. The Hall–Kier alpha value is -2.52. The lowest BCUT2D eigenvalue weighted by Crippen LogP contribution is -2.39. The molecule has 0 saturated heterocycles. The smallest absolute Gasteiger partial charge is 0.371 e. The molecule has 0 amide bonds. The van der Waals surface area contributed by atoms with E-state index in [2.05, 4.69) is 9.80 Å². The van der Waals surface area contributed by atoms with Crippen LogP contribution in [-0.4, -0.2) is 56.7 Å². The van der Waals surface area contributed by atoms with Crippen LogP contribution in [0.3, 0.4) is 0 Å². The second-order valence-corrected chi connectivity index (χ2v) is 11.1. The van der Waals surface area contributed by atoms with E-state index in [9.17, 15) is 21.6 Å². The maximum absolute atomic E-state index is 13.8. The zero-order chi connectivity index (χ0) is 24.3. The molecule has 1 aliphatic carbocycles. The number of benzene rings is 1. The average Bonchev–Trinajstić information content (AvgIpc) is 3.40. The summed E-state index contributed by atoms with van der Waals surface area (Å²) in [7, 11) is -2.02. The Morgan fingerprint density at radius 1 is 1.12 bits per heavy atom. The summed E-state index contributed by atoms with van der Waals surface area (Å²) in [6, 6.07) is 5.16. The number of nitrogens with zero attached hydrogens (tertiary/aromatic N) is 3. The lowest BCUT2D eigenvalue weighted by Gasteiger charge is -2.22. The molecule has 182 valence electrons. The second-order valence-electron chi connectivity index (χ2n) is 9.26. The third-order valence-electron chi connectivity index (χ3n) is 7.15. The fourth-order valence-electron chi connectivity index (χ4n) is 5.12. The molecule has 34 heavy (non-hydrogen) atoms. The molecule has 5 rings (SSSR count). The van der Waals surface area contributed by atoms with Crippen LogP contribution in [0, 0.1) is 5.92 Å². The molecule has 0 N–H and O–H groups in total. The molecular formula is C25H28F3N3O2S. The van der Waals surface area contributed by atoms with E-state index in [4.69, 9.17) is 0 Å². The van der Waals surface area contributed by atoms with Crippen LogP contribution in [0.2, 0.25) is 0 Å². The van der Waals surface area contributed by atoms with Gasteiger partial charge in [-0.25, -0.2) is 12.4 Å². The van der Waals surface area contributed by atoms with Gasteiger partial charge in [0.25, 0.3) is 10.0 Å².